The summed E-state index contributed by atoms with van der Waals surface area (Å²) in [5.41, 5.74) is 1.76. The molecule has 1 aromatic rings. The Hall–Kier alpha value is -1.09. The molecule has 84 valence electrons. The van der Waals surface area contributed by atoms with Crippen LogP contribution in [0.15, 0.2) is 18.2 Å². The molecule has 0 saturated carbocycles. The highest BCUT2D eigenvalue weighted by Gasteiger charge is 2.02. The molecule has 0 saturated heterocycles. The van der Waals surface area contributed by atoms with Gasteiger partial charge in [-0.15, -0.1) is 0 Å². The van der Waals surface area contributed by atoms with Gasteiger partial charge in [-0.05, 0) is 36.6 Å². The van der Waals surface area contributed by atoms with Crippen molar-refractivity contribution in [3.05, 3.63) is 29.6 Å². The second-order valence-corrected chi connectivity index (χ2v) is 3.96. The molecular weight excluding hydrogens is 193 g/mol. The first-order chi connectivity index (χ1) is 7.11. The van der Waals surface area contributed by atoms with E-state index in [2.05, 4.69) is 12.2 Å². The van der Waals surface area contributed by atoms with E-state index in [-0.39, 0.29) is 5.82 Å². The van der Waals surface area contributed by atoms with Crippen LogP contribution in [0.2, 0.25) is 0 Å². The molecule has 0 spiro atoms. The van der Waals surface area contributed by atoms with E-state index in [9.17, 15) is 4.39 Å². The number of rotatable bonds is 5. The monoisotopic (exact) mass is 211 g/mol. The van der Waals surface area contributed by atoms with Gasteiger partial charge in [0, 0.05) is 19.3 Å². The lowest BCUT2D eigenvalue weighted by atomic mass is 10.1. The van der Waals surface area contributed by atoms with Crippen molar-refractivity contribution in [2.24, 2.45) is 5.92 Å². The first-order valence-corrected chi connectivity index (χ1v) is 5.12. The van der Waals surface area contributed by atoms with Gasteiger partial charge in [0.25, 0.3) is 0 Å². The third-order valence-corrected chi connectivity index (χ3v) is 2.15. The average molecular weight is 211 g/mol. The van der Waals surface area contributed by atoms with Gasteiger partial charge in [0.15, 0.2) is 0 Å². The summed E-state index contributed by atoms with van der Waals surface area (Å²) < 4.78 is 18.1. The third kappa shape index (κ3) is 4.30. The number of ether oxygens (including phenoxy) is 1. The van der Waals surface area contributed by atoms with E-state index in [1.165, 1.54) is 12.1 Å². The Morgan fingerprint density at radius 3 is 2.73 bits per heavy atom. The first-order valence-electron chi connectivity index (χ1n) is 5.12. The van der Waals surface area contributed by atoms with Crippen LogP contribution in [0, 0.1) is 18.7 Å². The molecular formula is C12H18FNO. The van der Waals surface area contributed by atoms with Crippen LogP contribution < -0.4 is 5.32 Å². The quantitative estimate of drug-likeness (QED) is 0.808. The summed E-state index contributed by atoms with van der Waals surface area (Å²) in [5, 5.41) is 3.19. The van der Waals surface area contributed by atoms with E-state index in [0.717, 1.165) is 17.8 Å². The molecule has 0 fully saturated rings. The molecule has 0 aliphatic carbocycles. The molecule has 15 heavy (non-hydrogen) atoms. The normalized spacial score (nSPS) is 12.5. The number of benzene rings is 1. The van der Waals surface area contributed by atoms with Crippen LogP contribution in [0.1, 0.15) is 12.5 Å². The molecule has 1 aromatic carbocycles. The van der Waals surface area contributed by atoms with Gasteiger partial charge in [-0.1, -0.05) is 6.92 Å². The van der Waals surface area contributed by atoms with E-state index in [4.69, 9.17) is 4.74 Å². The number of hydrogen-bond acceptors (Lipinski definition) is 2. The molecule has 3 heteroatoms. The van der Waals surface area contributed by atoms with Gasteiger partial charge < -0.3 is 10.1 Å². The van der Waals surface area contributed by atoms with Gasteiger partial charge in [-0.3, -0.25) is 0 Å². The van der Waals surface area contributed by atoms with Crippen LogP contribution in [-0.2, 0) is 4.74 Å². The van der Waals surface area contributed by atoms with E-state index < -0.39 is 0 Å². The van der Waals surface area contributed by atoms with Crippen LogP contribution in [0.3, 0.4) is 0 Å². The lowest BCUT2D eigenvalue weighted by Crippen LogP contribution is -2.15. The summed E-state index contributed by atoms with van der Waals surface area (Å²) in [6, 6.07) is 4.96. The van der Waals surface area contributed by atoms with Gasteiger partial charge in [0.1, 0.15) is 5.82 Å². The summed E-state index contributed by atoms with van der Waals surface area (Å²) in [6.07, 6.45) is 0. The maximum absolute atomic E-state index is 13.0. The topological polar surface area (TPSA) is 21.3 Å². The molecule has 2 nitrogen and oxygen atoms in total. The molecule has 0 aliphatic heterocycles. The van der Waals surface area contributed by atoms with Crippen molar-refractivity contribution in [3.8, 4) is 0 Å². The second-order valence-electron chi connectivity index (χ2n) is 3.96. The Morgan fingerprint density at radius 1 is 1.40 bits per heavy atom. The Kier molecular flexibility index (Phi) is 4.56. The molecule has 0 aliphatic rings. The summed E-state index contributed by atoms with van der Waals surface area (Å²) >= 11 is 0. The number of nitrogens with one attached hydrogen (secondary N) is 1. The smallest absolute Gasteiger partial charge is 0.125 e. The minimum Gasteiger partial charge on any atom is -0.385 e. The Balaban J connectivity index is 2.50. The van der Waals surface area contributed by atoms with Crippen molar-refractivity contribution in [1.82, 2.24) is 0 Å². The third-order valence-electron chi connectivity index (χ3n) is 2.15. The van der Waals surface area contributed by atoms with Crippen LogP contribution in [0.25, 0.3) is 0 Å². The Bertz CT molecular complexity index is 294. The summed E-state index contributed by atoms with van der Waals surface area (Å²) in [6.45, 7) is 5.47. The van der Waals surface area contributed by atoms with Crippen LogP contribution in [0.5, 0.6) is 0 Å². The SMILES string of the molecule is COCC(C)CNc1cc(C)cc(F)c1. The van der Waals surface area contributed by atoms with E-state index in [1.807, 2.05) is 13.0 Å². The van der Waals surface area contributed by atoms with Crippen molar-refractivity contribution in [3.63, 3.8) is 0 Å². The highest BCUT2D eigenvalue weighted by atomic mass is 19.1. The number of hydrogen-bond donors (Lipinski definition) is 1. The largest absolute Gasteiger partial charge is 0.385 e. The minimum absolute atomic E-state index is 0.197. The zero-order valence-corrected chi connectivity index (χ0v) is 9.51. The van der Waals surface area contributed by atoms with Gasteiger partial charge in [-0.2, -0.15) is 0 Å². The fourth-order valence-corrected chi connectivity index (χ4v) is 1.47. The van der Waals surface area contributed by atoms with Gasteiger partial charge in [0.2, 0.25) is 0 Å². The van der Waals surface area contributed by atoms with Crippen molar-refractivity contribution in [1.29, 1.82) is 0 Å². The predicted molar refractivity (Wildman–Crippen MR) is 60.7 cm³/mol. The fourth-order valence-electron chi connectivity index (χ4n) is 1.47. The average Bonchev–Trinajstić information content (AvgIpc) is 2.14. The van der Waals surface area contributed by atoms with Gasteiger partial charge in [-0.25, -0.2) is 4.39 Å². The summed E-state index contributed by atoms with van der Waals surface area (Å²) in [4.78, 5) is 0. The molecule has 1 unspecified atom stereocenters. The number of methoxy groups -OCH3 is 1. The second kappa shape index (κ2) is 5.71. The van der Waals surface area contributed by atoms with E-state index in [1.54, 1.807) is 7.11 Å². The highest BCUT2D eigenvalue weighted by molar-refractivity contribution is 5.45. The van der Waals surface area contributed by atoms with E-state index in [0.29, 0.717) is 12.5 Å². The lowest BCUT2D eigenvalue weighted by molar-refractivity contribution is 0.164. The van der Waals surface area contributed by atoms with Gasteiger partial charge >= 0.3 is 0 Å². The van der Waals surface area contributed by atoms with Crippen molar-refractivity contribution < 1.29 is 9.13 Å². The molecule has 0 bridgehead atoms. The van der Waals surface area contributed by atoms with Crippen LogP contribution in [0.4, 0.5) is 10.1 Å². The number of anilines is 1. The molecule has 1 rings (SSSR count). The standard InChI is InChI=1S/C12H18FNO/c1-9-4-11(13)6-12(5-9)14-7-10(2)8-15-3/h4-6,10,14H,7-8H2,1-3H3. The number of aryl methyl sites for hydroxylation is 1. The molecule has 0 heterocycles. The highest BCUT2D eigenvalue weighted by Crippen LogP contribution is 2.13. The molecule has 0 amide bonds. The summed E-state index contributed by atoms with van der Waals surface area (Å²) in [7, 11) is 1.68. The maximum atomic E-state index is 13.0. The number of halogens is 1. The molecule has 1 atom stereocenters. The Morgan fingerprint density at radius 2 is 2.13 bits per heavy atom. The Labute approximate surface area is 90.4 Å². The zero-order valence-electron chi connectivity index (χ0n) is 9.51. The van der Waals surface area contributed by atoms with Crippen molar-refractivity contribution in [2.75, 3.05) is 25.6 Å². The van der Waals surface area contributed by atoms with Crippen molar-refractivity contribution in [2.45, 2.75) is 13.8 Å². The van der Waals surface area contributed by atoms with Crippen LogP contribution in [-0.4, -0.2) is 20.3 Å². The molecule has 1 N–H and O–H groups in total. The molecule has 0 aromatic heterocycles. The zero-order chi connectivity index (χ0) is 11.3. The first kappa shape index (κ1) is 12.0. The minimum atomic E-state index is -0.197. The summed E-state index contributed by atoms with van der Waals surface area (Å²) in [5.74, 6) is 0.218. The van der Waals surface area contributed by atoms with Crippen molar-refractivity contribution >= 4 is 5.69 Å². The van der Waals surface area contributed by atoms with Crippen LogP contribution >= 0.6 is 0 Å². The fraction of sp³-hybridized carbons (Fsp3) is 0.500. The molecule has 0 radical (unpaired) electrons. The predicted octanol–water partition coefficient (Wildman–Crippen LogP) is 2.83. The van der Waals surface area contributed by atoms with E-state index >= 15 is 0 Å². The van der Waals surface area contributed by atoms with Gasteiger partial charge in [0.05, 0.1) is 6.61 Å². The lowest BCUT2D eigenvalue weighted by Gasteiger charge is -2.13. The maximum Gasteiger partial charge on any atom is 0.125 e.